The Morgan fingerprint density at radius 2 is 1.68 bits per heavy atom. The summed E-state index contributed by atoms with van der Waals surface area (Å²) in [6, 6.07) is 19.0. The quantitative estimate of drug-likeness (QED) is 0.632. The number of amides is 2. The Kier molecular flexibility index (Phi) is 5.58. The number of carbonyl (C=O) groups excluding carboxylic acids is 2. The monoisotopic (exact) mass is 372 g/mol. The first-order valence-corrected chi connectivity index (χ1v) is 8.34. The molecule has 28 heavy (non-hydrogen) atoms. The normalized spacial score (nSPS) is 9.86. The molecule has 0 aliphatic carbocycles. The van der Waals surface area contributed by atoms with Gasteiger partial charge in [0.05, 0.1) is 11.3 Å². The van der Waals surface area contributed by atoms with E-state index in [1.54, 1.807) is 54.6 Å². The molecular formula is C20H16N6O2. The van der Waals surface area contributed by atoms with E-state index in [4.69, 9.17) is 5.26 Å². The molecule has 0 fully saturated rings. The fraction of sp³-hybridized carbons (Fsp3) is 0.0500. The van der Waals surface area contributed by atoms with Gasteiger partial charge >= 0.3 is 0 Å². The summed E-state index contributed by atoms with van der Waals surface area (Å²) in [5, 5.41) is 25.4. The van der Waals surface area contributed by atoms with Crippen molar-refractivity contribution in [3.05, 3.63) is 71.9 Å². The second kappa shape index (κ2) is 8.42. The Morgan fingerprint density at radius 3 is 2.36 bits per heavy atom. The van der Waals surface area contributed by atoms with Gasteiger partial charge in [0.2, 0.25) is 5.91 Å². The van der Waals surface area contributed by atoms with Crippen LogP contribution >= 0.6 is 0 Å². The maximum Gasteiger partial charge on any atom is 0.276 e. The number of hydrogen-bond donors (Lipinski definition) is 3. The topological polar surface area (TPSA) is 120 Å². The van der Waals surface area contributed by atoms with Crippen LogP contribution in [0.15, 0.2) is 60.7 Å². The Bertz CT molecular complexity index is 1060. The fourth-order valence-corrected chi connectivity index (χ4v) is 2.42. The van der Waals surface area contributed by atoms with Gasteiger partial charge in [0.25, 0.3) is 5.91 Å². The summed E-state index contributed by atoms with van der Waals surface area (Å²) >= 11 is 0. The largest absolute Gasteiger partial charge is 0.338 e. The highest BCUT2D eigenvalue weighted by Crippen LogP contribution is 2.19. The lowest BCUT2D eigenvalue weighted by Crippen LogP contribution is -2.15. The summed E-state index contributed by atoms with van der Waals surface area (Å²) in [7, 11) is 0. The zero-order valence-electron chi connectivity index (χ0n) is 14.9. The lowest BCUT2D eigenvalue weighted by Gasteiger charge is -2.08. The molecule has 8 heteroatoms. The first-order valence-electron chi connectivity index (χ1n) is 8.34. The smallest absolute Gasteiger partial charge is 0.276 e. The van der Waals surface area contributed by atoms with Gasteiger partial charge in [0.15, 0.2) is 11.5 Å². The van der Waals surface area contributed by atoms with E-state index in [-0.39, 0.29) is 11.6 Å². The maximum atomic E-state index is 12.4. The molecule has 0 spiro atoms. The number of benzene rings is 2. The van der Waals surface area contributed by atoms with Gasteiger partial charge in [-0.15, -0.1) is 10.2 Å². The van der Waals surface area contributed by atoms with Gasteiger partial charge in [-0.25, -0.2) is 0 Å². The van der Waals surface area contributed by atoms with E-state index in [1.807, 2.05) is 0 Å². The molecule has 8 nitrogen and oxygen atoms in total. The molecule has 0 atom stereocenters. The molecule has 0 unspecified atom stereocenters. The number of para-hydroxylation sites is 1. The third-order valence-corrected chi connectivity index (χ3v) is 3.65. The number of anilines is 4. The van der Waals surface area contributed by atoms with Gasteiger partial charge in [-0.05, 0) is 42.5 Å². The van der Waals surface area contributed by atoms with Crippen molar-refractivity contribution in [2.75, 3.05) is 16.0 Å². The zero-order valence-corrected chi connectivity index (χ0v) is 14.9. The molecule has 138 valence electrons. The lowest BCUT2D eigenvalue weighted by atomic mass is 10.2. The van der Waals surface area contributed by atoms with E-state index in [0.29, 0.717) is 28.4 Å². The molecule has 1 aromatic heterocycles. The molecule has 0 radical (unpaired) electrons. The van der Waals surface area contributed by atoms with E-state index in [1.165, 1.54) is 13.0 Å². The van der Waals surface area contributed by atoms with Crippen molar-refractivity contribution in [3.8, 4) is 6.07 Å². The fourth-order valence-electron chi connectivity index (χ4n) is 2.42. The molecule has 3 aromatic rings. The molecule has 2 amide bonds. The second-order valence-electron chi connectivity index (χ2n) is 5.80. The zero-order chi connectivity index (χ0) is 19.9. The van der Waals surface area contributed by atoms with Crippen molar-refractivity contribution >= 4 is 34.7 Å². The highest BCUT2D eigenvalue weighted by molar-refractivity contribution is 6.03. The van der Waals surface area contributed by atoms with E-state index < -0.39 is 5.91 Å². The molecule has 0 aliphatic rings. The first kappa shape index (κ1) is 18.5. The number of nitrogens with one attached hydrogen (secondary N) is 3. The van der Waals surface area contributed by atoms with E-state index in [0.717, 1.165) is 0 Å². The van der Waals surface area contributed by atoms with Crippen LogP contribution < -0.4 is 16.0 Å². The second-order valence-corrected chi connectivity index (χ2v) is 5.80. The number of nitriles is 1. The lowest BCUT2D eigenvalue weighted by molar-refractivity contribution is -0.114. The predicted molar refractivity (Wildman–Crippen MR) is 105 cm³/mol. The molecule has 0 saturated carbocycles. The Morgan fingerprint density at radius 1 is 0.929 bits per heavy atom. The average Bonchev–Trinajstić information content (AvgIpc) is 2.68. The van der Waals surface area contributed by atoms with Crippen molar-refractivity contribution in [1.29, 1.82) is 5.26 Å². The number of carbonyl (C=O) groups is 2. The van der Waals surface area contributed by atoms with Gasteiger partial charge in [0.1, 0.15) is 6.07 Å². The van der Waals surface area contributed by atoms with Crippen LogP contribution in [0.4, 0.5) is 22.9 Å². The minimum absolute atomic E-state index is 0.129. The minimum Gasteiger partial charge on any atom is -0.338 e. The number of nitrogens with zero attached hydrogens (tertiary/aromatic N) is 3. The third kappa shape index (κ3) is 4.68. The molecule has 0 saturated heterocycles. The molecule has 3 rings (SSSR count). The van der Waals surface area contributed by atoms with Gasteiger partial charge in [-0.1, -0.05) is 18.2 Å². The number of rotatable bonds is 5. The average molecular weight is 372 g/mol. The van der Waals surface area contributed by atoms with E-state index in [9.17, 15) is 9.59 Å². The van der Waals surface area contributed by atoms with Crippen molar-refractivity contribution in [1.82, 2.24) is 10.2 Å². The summed E-state index contributed by atoms with van der Waals surface area (Å²) in [4.78, 5) is 23.5. The molecule has 0 bridgehead atoms. The predicted octanol–water partition coefficient (Wildman–Crippen LogP) is 3.30. The molecule has 0 aliphatic heterocycles. The summed E-state index contributed by atoms with van der Waals surface area (Å²) in [6.45, 7) is 1.41. The Labute approximate surface area is 161 Å². The highest BCUT2D eigenvalue weighted by atomic mass is 16.2. The van der Waals surface area contributed by atoms with Gasteiger partial charge < -0.3 is 16.0 Å². The van der Waals surface area contributed by atoms with E-state index in [2.05, 4.69) is 32.2 Å². The van der Waals surface area contributed by atoms with Crippen molar-refractivity contribution < 1.29 is 9.59 Å². The maximum absolute atomic E-state index is 12.4. The van der Waals surface area contributed by atoms with Crippen LogP contribution in [-0.4, -0.2) is 22.0 Å². The standard InChI is InChI=1S/C20H16N6O2/c1-13(27)22-15-6-4-7-16(11-15)23-20(28)18-9-10-19(26-25-18)24-17-8-3-2-5-14(17)12-21/h2-11H,1H3,(H,22,27)(H,23,28)(H,24,26). The van der Waals surface area contributed by atoms with Crippen LogP contribution in [0.5, 0.6) is 0 Å². The van der Waals surface area contributed by atoms with Gasteiger partial charge in [0, 0.05) is 18.3 Å². The van der Waals surface area contributed by atoms with Crippen molar-refractivity contribution in [2.45, 2.75) is 6.92 Å². The summed E-state index contributed by atoms with van der Waals surface area (Å²) in [5.74, 6) is -0.223. The molecule has 1 heterocycles. The van der Waals surface area contributed by atoms with Crippen LogP contribution in [0.1, 0.15) is 23.0 Å². The summed E-state index contributed by atoms with van der Waals surface area (Å²) in [5.41, 5.74) is 2.30. The molecule has 3 N–H and O–H groups in total. The number of aromatic nitrogens is 2. The number of hydrogen-bond acceptors (Lipinski definition) is 6. The Balaban J connectivity index is 1.69. The van der Waals surface area contributed by atoms with Crippen LogP contribution in [-0.2, 0) is 4.79 Å². The summed E-state index contributed by atoms with van der Waals surface area (Å²) in [6.07, 6.45) is 0. The van der Waals surface area contributed by atoms with Crippen LogP contribution in [0.2, 0.25) is 0 Å². The van der Waals surface area contributed by atoms with Crippen LogP contribution in [0.3, 0.4) is 0 Å². The van der Waals surface area contributed by atoms with E-state index >= 15 is 0 Å². The third-order valence-electron chi connectivity index (χ3n) is 3.65. The van der Waals surface area contributed by atoms with Crippen LogP contribution in [0.25, 0.3) is 0 Å². The Hall–Kier alpha value is -4.25. The highest BCUT2D eigenvalue weighted by Gasteiger charge is 2.10. The first-order chi connectivity index (χ1) is 13.5. The minimum atomic E-state index is -0.434. The summed E-state index contributed by atoms with van der Waals surface area (Å²) < 4.78 is 0. The van der Waals surface area contributed by atoms with Crippen molar-refractivity contribution in [2.24, 2.45) is 0 Å². The van der Waals surface area contributed by atoms with Crippen molar-refractivity contribution in [3.63, 3.8) is 0 Å². The molecule has 2 aromatic carbocycles. The van der Waals surface area contributed by atoms with Gasteiger partial charge in [-0.3, -0.25) is 9.59 Å². The SMILES string of the molecule is CC(=O)Nc1cccc(NC(=O)c2ccc(Nc3ccccc3C#N)nn2)c1. The van der Waals surface area contributed by atoms with Gasteiger partial charge in [-0.2, -0.15) is 5.26 Å². The molecular weight excluding hydrogens is 356 g/mol. The van der Waals surface area contributed by atoms with Crippen LogP contribution in [0, 0.1) is 11.3 Å².